The molecule has 1 saturated carbocycles. The third-order valence-electron chi connectivity index (χ3n) is 6.20. The Morgan fingerprint density at radius 1 is 1.26 bits per heavy atom. The number of aromatic nitrogens is 1. The largest absolute Gasteiger partial charge is 0.379 e. The Labute approximate surface area is 161 Å². The first-order valence-corrected chi connectivity index (χ1v) is 10.3. The molecule has 0 aromatic carbocycles. The first-order valence-electron chi connectivity index (χ1n) is 10.3. The van der Waals surface area contributed by atoms with Crippen molar-refractivity contribution >= 4 is 5.91 Å². The first kappa shape index (κ1) is 18.8. The van der Waals surface area contributed by atoms with Crippen molar-refractivity contribution in [1.29, 1.82) is 0 Å². The van der Waals surface area contributed by atoms with Gasteiger partial charge in [-0.1, -0.05) is 25.3 Å². The van der Waals surface area contributed by atoms with Crippen LogP contribution in [0.5, 0.6) is 0 Å². The van der Waals surface area contributed by atoms with Crippen molar-refractivity contribution in [2.75, 3.05) is 32.8 Å². The van der Waals surface area contributed by atoms with Gasteiger partial charge in [-0.25, -0.2) is 0 Å². The van der Waals surface area contributed by atoms with Gasteiger partial charge in [-0.15, -0.1) is 0 Å². The molecule has 3 heterocycles. The summed E-state index contributed by atoms with van der Waals surface area (Å²) in [4.78, 5) is 19.6. The Morgan fingerprint density at radius 2 is 2.11 bits per heavy atom. The second-order valence-corrected chi connectivity index (χ2v) is 7.89. The van der Waals surface area contributed by atoms with Gasteiger partial charge in [0.1, 0.15) is 6.04 Å². The molecule has 4 unspecified atom stereocenters. The van der Waals surface area contributed by atoms with Crippen LogP contribution in [0.4, 0.5) is 0 Å². The number of hydrogen-bond donors (Lipinski definition) is 3. The molecule has 7 nitrogen and oxygen atoms in total. The van der Waals surface area contributed by atoms with E-state index in [1.165, 1.54) is 32.1 Å². The molecule has 4 atom stereocenters. The highest BCUT2D eigenvalue weighted by Crippen LogP contribution is 2.29. The molecule has 27 heavy (non-hydrogen) atoms. The number of amides is 1. The number of morpholine rings is 1. The maximum Gasteiger partial charge on any atom is 0.242 e. The summed E-state index contributed by atoms with van der Waals surface area (Å²) in [5, 5.41) is 3.22. The molecule has 3 N–H and O–H groups in total. The molecular formula is C20H31N5O2. The number of fused-ring (bicyclic) bond motifs is 1. The lowest BCUT2D eigenvalue weighted by molar-refractivity contribution is -0.128. The van der Waals surface area contributed by atoms with Crippen LogP contribution in [0.15, 0.2) is 24.5 Å². The van der Waals surface area contributed by atoms with E-state index in [1.54, 1.807) is 12.4 Å². The lowest BCUT2D eigenvalue weighted by Crippen LogP contribution is -2.49. The topological polar surface area (TPSA) is 78.5 Å². The van der Waals surface area contributed by atoms with Crippen LogP contribution < -0.4 is 16.2 Å². The number of ether oxygens (including phenoxy) is 1. The molecule has 0 radical (unpaired) electrons. The summed E-state index contributed by atoms with van der Waals surface area (Å²) in [5.41, 5.74) is 7.83. The number of pyridine rings is 1. The highest BCUT2D eigenvalue weighted by molar-refractivity contribution is 5.83. The van der Waals surface area contributed by atoms with E-state index < -0.39 is 0 Å². The van der Waals surface area contributed by atoms with Gasteiger partial charge in [0, 0.05) is 44.1 Å². The Bertz CT molecular complexity index is 608. The van der Waals surface area contributed by atoms with Crippen molar-refractivity contribution in [2.45, 2.75) is 50.2 Å². The van der Waals surface area contributed by atoms with Crippen molar-refractivity contribution < 1.29 is 9.53 Å². The molecule has 3 aliphatic rings. The van der Waals surface area contributed by atoms with E-state index in [0.29, 0.717) is 37.8 Å². The lowest BCUT2D eigenvalue weighted by atomic mass is 9.90. The van der Waals surface area contributed by atoms with E-state index in [2.05, 4.69) is 26.1 Å². The lowest BCUT2D eigenvalue weighted by Gasteiger charge is -2.34. The first-order chi connectivity index (χ1) is 13.3. The normalized spacial score (nSPS) is 30.3. The Balaban J connectivity index is 1.41. The van der Waals surface area contributed by atoms with Crippen LogP contribution >= 0.6 is 0 Å². The maximum atomic E-state index is 13.2. The molecule has 148 valence electrons. The molecular weight excluding hydrogens is 342 g/mol. The van der Waals surface area contributed by atoms with Gasteiger partial charge in [-0.2, -0.15) is 0 Å². The summed E-state index contributed by atoms with van der Waals surface area (Å²) < 4.78 is 5.47. The maximum absolute atomic E-state index is 13.2. The summed E-state index contributed by atoms with van der Waals surface area (Å²) in [6.45, 7) is 3.53. The Hall–Kier alpha value is -1.54. The number of carbonyl (C=O) groups is 1. The number of hydrazine groups is 1. The molecule has 4 rings (SSSR count). The van der Waals surface area contributed by atoms with Crippen molar-refractivity contribution in [2.24, 2.45) is 5.92 Å². The Morgan fingerprint density at radius 3 is 2.93 bits per heavy atom. The number of rotatable bonds is 5. The van der Waals surface area contributed by atoms with Gasteiger partial charge in [0.25, 0.3) is 0 Å². The van der Waals surface area contributed by atoms with Crippen molar-refractivity contribution in [1.82, 2.24) is 26.1 Å². The number of carbonyl (C=O) groups excluding carboxylic acids is 1. The summed E-state index contributed by atoms with van der Waals surface area (Å²) in [7, 11) is 0. The minimum atomic E-state index is -0.304. The minimum absolute atomic E-state index is 0.0590. The van der Waals surface area contributed by atoms with E-state index in [4.69, 9.17) is 4.74 Å². The van der Waals surface area contributed by atoms with Gasteiger partial charge in [0.15, 0.2) is 0 Å². The summed E-state index contributed by atoms with van der Waals surface area (Å²) in [6, 6.07) is 4.43. The van der Waals surface area contributed by atoms with Gasteiger partial charge in [0.05, 0.1) is 13.2 Å². The highest BCUT2D eigenvalue weighted by atomic mass is 16.5. The fourth-order valence-electron chi connectivity index (χ4n) is 4.73. The number of nitrogens with one attached hydrogen (secondary N) is 3. The van der Waals surface area contributed by atoms with Crippen LogP contribution in [-0.2, 0) is 9.53 Å². The van der Waals surface area contributed by atoms with Gasteiger partial charge in [-0.3, -0.25) is 25.5 Å². The van der Waals surface area contributed by atoms with Crippen molar-refractivity contribution in [3.63, 3.8) is 0 Å². The average molecular weight is 374 g/mol. The van der Waals surface area contributed by atoms with Crippen LogP contribution in [-0.4, -0.2) is 60.7 Å². The predicted octanol–water partition coefficient (Wildman–Crippen LogP) is 0.996. The third-order valence-corrected chi connectivity index (χ3v) is 6.20. The van der Waals surface area contributed by atoms with Crippen LogP contribution in [0, 0.1) is 5.92 Å². The zero-order chi connectivity index (χ0) is 18.5. The summed E-state index contributed by atoms with van der Waals surface area (Å²) >= 11 is 0. The van der Waals surface area contributed by atoms with Gasteiger partial charge >= 0.3 is 0 Å². The zero-order valence-corrected chi connectivity index (χ0v) is 15.9. The second-order valence-electron chi connectivity index (χ2n) is 7.89. The van der Waals surface area contributed by atoms with Crippen LogP contribution in [0.1, 0.15) is 43.7 Å². The van der Waals surface area contributed by atoms with Crippen LogP contribution in [0.2, 0.25) is 0 Å². The fourth-order valence-corrected chi connectivity index (χ4v) is 4.73. The average Bonchev–Trinajstić information content (AvgIpc) is 2.94. The van der Waals surface area contributed by atoms with Crippen molar-refractivity contribution in [3.8, 4) is 0 Å². The molecule has 2 aliphatic heterocycles. The molecule has 3 fully saturated rings. The smallest absolute Gasteiger partial charge is 0.242 e. The SMILES string of the molecule is O=C(NCC1NNC2CCCCCC21)C(c1cccnc1)N1CCOCC1. The number of hydrogen-bond acceptors (Lipinski definition) is 6. The van der Waals surface area contributed by atoms with E-state index in [0.717, 1.165) is 18.7 Å². The van der Waals surface area contributed by atoms with E-state index in [-0.39, 0.29) is 11.9 Å². The minimum Gasteiger partial charge on any atom is -0.379 e. The van der Waals surface area contributed by atoms with E-state index in [1.807, 2.05) is 12.1 Å². The summed E-state index contributed by atoms with van der Waals surface area (Å²) in [5.74, 6) is 0.664. The second kappa shape index (κ2) is 9.10. The van der Waals surface area contributed by atoms with Gasteiger partial charge in [0.2, 0.25) is 5.91 Å². The summed E-state index contributed by atoms with van der Waals surface area (Å²) in [6.07, 6.45) is 9.94. The molecule has 1 aromatic heterocycles. The molecule has 0 spiro atoms. The van der Waals surface area contributed by atoms with E-state index >= 15 is 0 Å². The number of nitrogens with zero attached hydrogens (tertiary/aromatic N) is 2. The molecule has 0 bridgehead atoms. The molecule has 2 saturated heterocycles. The molecule has 7 heteroatoms. The standard InChI is InChI=1S/C20H31N5O2/c26-20(22-14-18-16-6-2-1-3-7-17(16)23-24-18)19(15-5-4-8-21-13-15)25-9-11-27-12-10-25/h4-5,8,13,16-19,23-24H,1-3,6-7,9-12,14H2,(H,22,26). The Kier molecular flexibility index (Phi) is 6.34. The fraction of sp³-hybridized carbons (Fsp3) is 0.700. The monoisotopic (exact) mass is 373 g/mol. The highest BCUT2D eigenvalue weighted by Gasteiger charge is 2.37. The molecule has 1 aromatic rings. The quantitative estimate of drug-likeness (QED) is 0.715. The van der Waals surface area contributed by atoms with Crippen LogP contribution in [0.25, 0.3) is 0 Å². The van der Waals surface area contributed by atoms with Gasteiger partial charge < -0.3 is 10.1 Å². The van der Waals surface area contributed by atoms with E-state index in [9.17, 15) is 4.79 Å². The van der Waals surface area contributed by atoms with Gasteiger partial charge in [-0.05, 0) is 30.4 Å². The third kappa shape index (κ3) is 4.48. The van der Waals surface area contributed by atoms with Crippen LogP contribution in [0.3, 0.4) is 0 Å². The van der Waals surface area contributed by atoms with Crippen molar-refractivity contribution in [3.05, 3.63) is 30.1 Å². The molecule has 1 amide bonds. The molecule has 1 aliphatic carbocycles. The predicted molar refractivity (Wildman–Crippen MR) is 103 cm³/mol. The zero-order valence-electron chi connectivity index (χ0n) is 15.9.